The van der Waals surface area contributed by atoms with Crippen LogP contribution in [0.25, 0.3) is 0 Å². The molecule has 184 valence electrons. The van der Waals surface area contributed by atoms with Crippen LogP contribution in [0.3, 0.4) is 0 Å². The summed E-state index contributed by atoms with van der Waals surface area (Å²) in [5.74, 6) is -0.694. The number of hydrogen-bond acceptors (Lipinski definition) is 5. The number of morpholine rings is 1. The van der Waals surface area contributed by atoms with Crippen molar-refractivity contribution in [2.75, 3.05) is 13.2 Å². The van der Waals surface area contributed by atoms with E-state index in [4.69, 9.17) is 9.47 Å². The van der Waals surface area contributed by atoms with Gasteiger partial charge in [0.25, 0.3) is 0 Å². The van der Waals surface area contributed by atoms with E-state index in [0.29, 0.717) is 5.56 Å². The molecular weight excluding hydrogens is 465 g/mol. The number of fused-ring (bicyclic) bond motifs is 2. The first-order chi connectivity index (χ1) is 16.0. The Morgan fingerprint density at radius 1 is 1.00 bits per heavy atom. The molecule has 0 radical (unpaired) electrons. The molecule has 2 aliphatic heterocycles. The minimum absolute atomic E-state index is 0.0723. The van der Waals surface area contributed by atoms with Crippen molar-refractivity contribution in [2.45, 2.75) is 49.4 Å². The topological polar surface area (TPSA) is 68.2 Å². The fourth-order valence-corrected chi connectivity index (χ4v) is 4.34. The molecule has 0 aromatic heterocycles. The van der Waals surface area contributed by atoms with Gasteiger partial charge < -0.3 is 19.3 Å². The molecule has 11 heteroatoms. The molecule has 2 atom stereocenters. The fourth-order valence-electron chi connectivity index (χ4n) is 4.34. The van der Waals surface area contributed by atoms with Gasteiger partial charge in [-0.2, -0.15) is 22.0 Å². The molecule has 34 heavy (non-hydrogen) atoms. The summed E-state index contributed by atoms with van der Waals surface area (Å²) < 4.78 is 78.1. The van der Waals surface area contributed by atoms with Crippen LogP contribution in [0.5, 0.6) is 5.75 Å². The molecule has 1 amide bonds. The third kappa shape index (κ3) is 4.95. The van der Waals surface area contributed by atoms with Gasteiger partial charge in [0.2, 0.25) is 0 Å². The Balaban J connectivity index is 1.44. The summed E-state index contributed by atoms with van der Waals surface area (Å²) in [6.45, 7) is 0.418. The highest BCUT2D eigenvalue weighted by Crippen LogP contribution is 2.42. The van der Waals surface area contributed by atoms with Crippen LogP contribution >= 0.6 is 0 Å². The molecule has 2 fully saturated rings. The van der Waals surface area contributed by atoms with Crippen LogP contribution in [-0.4, -0.2) is 53.7 Å². The Bertz CT molecular complexity index is 985. The smallest absolute Gasteiger partial charge is 0.445 e. The molecule has 0 aliphatic carbocycles. The first-order valence-corrected chi connectivity index (χ1v) is 10.5. The molecular formula is C23H22F5NO5. The average molecular weight is 487 g/mol. The summed E-state index contributed by atoms with van der Waals surface area (Å²) in [6.07, 6.45) is -11.6. The second-order valence-electron chi connectivity index (χ2n) is 8.37. The van der Waals surface area contributed by atoms with Gasteiger partial charge in [-0.25, -0.2) is 4.79 Å². The van der Waals surface area contributed by atoms with E-state index >= 15 is 0 Å². The van der Waals surface area contributed by atoms with E-state index in [1.807, 2.05) is 30.3 Å². The van der Waals surface area contributed by atoms with Crippen LogP contribution in [0.2, 0.25) is 0 Å². The van der Waals surface area contributed by atoms with Crippen molar-refractivity contribution in [3.63, 3.8) is 0 Å². The molecule has 0 saturated carbocycles. The number of nitrogens with zero attached hydrogens (tertiary/aromatic N) is 1. The zero-order valence-corrected chi connectivity index (χ0v) is 17.8. The first-order valence-electron chi connectivity index (χ1n) is 10.5. The number of halogens is 5. The van der Waals surface area contributed by atoms with Gasteiger partial charge >= 0.3 is 18.4 Å². The second kappa shape index (κ2) is 9.03. The third-order valence-corrected chi connectivity index (χ3v) is 5.94. The summed E-state index contributed by atoms with van der Waals surface area (Å²) in [4.78, 5) is 14.3. The number of rotatable bonds is 5. The Labute approximate surface area is 191 Å². The van der Waals surface area contributed by atoms with Crippen molar-refractivity contribution in [1.29, 1.82) is 0 Å². The average Bonchev–Trinajstić information content (AvgIpc) is 2.77. The van der Waals surface area contributed by atoms with E-state index in [1.165, 1.54) is 12.1 Å². The molecule has 1 N–H and O–H groups in total. The van der Waals surface area contributed by atoms with Crippen molar-refractivity contribution >= 4 is 6.09 Å². The zero-order valence-electron chi connectivity index (χ0n) is 17.8. The molecule has 2 aromatic carbocycles. The maximum absolute atomic E-state index is 13.1. The summed E-state index contributed by atoms with van der Waals surface area (Å²) in [5.41, 5.74) is -0.311. The van der Waals surface area contributed by atoms with Crippen molar-refractivity contribution < 1.29 is 46.1 Å². The van der Waals surface area contributed by atoms with Crippen LogP contribution < -0.4 is 4.74 Å². The fraction of sp³-hybridized carbons (Fsp3) is 0.435. The van der Waals surface area contributed by atoms with Crippen LogP contribution in [0, 0.1) is 0 Å². The molecule has 2 aliphatic rings. The molecule has 2 unspecified atom stereocenters. The van der Waals surface area contributed by atoms with Gasteiger partial charge in [-0.15, -0.1) is 0 Å². The highest BCUT2D eigenvalue weighted by atomic mass is 19.4. The number of hydrogen-bond donors (Lipinski definition) is 1. The van der Waals surface area contributed by atoms with E-state index < -0.39 is 41.8 Å². The molecule has 2 saturated heterocycles. The number of amides is 1. The number of alkyl halides is 5. The standard InChI is InChI=1S/C23H22F5NO5/c24-22(25,26)23(27,28)34-19-8-6-16(7-9-19)21(31)10-17-13-32-14-18(11-21)29(17)20(30)33-12-15-4-2-1-3-5-15/h1-9,17-18,31H,10-14H2. The summed E-state index contributed by atoms with van der Waals surface area (Å²) in [6, 6.07) is 12.5. The monoisotopic (exact) mass is 487 g/mol. The van der Waals surface area contributed by atoms with E-state index in [1.54, 1.807) is 4.90 Å². The summed E-state index contributed by atoms with van der Waals surface area (Å²) in [7, 11) is 0. The Kier molecular flexibility index (Phi) is 6.43. The molecule has 2 aromatic rings. The van der Waals surface area contributed by atoms with Crippen molar-refractivity contribution in [3.8, 4) is 5.75 Å². The lowest BCUT2D eigenvalue weighted by atomic mass is 9.77. The van der Waals surface area contributed by atoms with E-state index in [2.05, 4.69) is 4.74 Å². The highest BCUT2D eigenvalue weighted by Gasteiger charge is 2.61. The van der Waals surface area contributed by atoms with Gasteiger partial charge in [0, 0.05) is 12.8 Å². The second-order valence-corrected chi connectivity index (χ2v) is 8.37. The molecule has 6 nitrogen and oxygen atoms in total. The maximum atomic E-state index is 13.1. The van der Waals surface area contributed by atoms with Gasteiger partial charge in [0.05, 0.1) is 30.9 Å². The van der Waals surface area contributed by atoms with E-state index in [9.17, 15) is 31.9 Å². The largest absolute Gasteiger partial charge is 0.499 e. The lowest BCUT2D eigenvalue weighted by Gasteiger charge is -2.51. The van der Waals surface area contributed by atoms with Gasteiger partial charge in [-0.1, -0.05) is 42.5 Å². The lowest BCUT2D eigenvalue weighted by molar-refractivity contribution is -0.360. The van der Waals surface area contributed by atoms with Crippen LogP contribution in [0.4, 0.5) is 26.7 Å². The SMILES string of the molecule is O=C(OCc1ccccc1)N1C2COCC1CC(O)(c1ccc(OC(F)(F)C(F)(F)F)cc1)C2. The maximum Gasteiger partial charge on any atom is 0.499 e. The molecule has 2 heterocycles. The predicted molar refractivity (Wildman–Crippen MR) is 108 cm³/mol. The number of aliphatic hydroxyl groups is 1. The normalized spacial score (nSPS) is 25.1. The Hall–Kier alpha value is -2.92. The zero-order chi connectivity index (χ0) is 24.6. The van der Waals surface area contributed by atoms with E-state index in [0.717, 1.165) is 17.7 Å². The van der Waals surface area contributed by atoms with Crippen molar-refractivity contribution in [3.05, 3.63) is 65.7 Å². The van der Waals surface area contributed by atoms with Gasteiger partial charge in [0.1, 0.15) is 12.4 Å². The predicted octanol–water partition coefficient (Wildman–Crippen LogP) is 4.61. The Morgan fingerprint density at radius 2 is 1.59 bits per heavy atom. The number of ether oxygens (including phenoxy) is 3. The minimum atomic E-state index is -5.86. The lowest BCUT2D eigenvalue weighted by Crippen LogP contribution is -2.62. The van der Waals surface area contributed by atoms with Gasteiger partial charge in [-0.3, -0.25) is 4.90 Å². The van der Waals surface area contributed by atoms with Crippen molar-refractivity contribution in [1.82, 2.24) is 4.90 Å². The number of carbonyl (C=O) groups excluding carboxylic acids is 1. The van der Waals surface area contributed by atoms with Crippen LogP contribution in [0.15, 0.2) is 54.6 Å². The van der Waals surface area contributed by atoms with Crippen LogP contribution in [-0.2, 0) is 21.7 Å². The molecule has 0 spiro atoms. The Morgan fingerprint density at radius 3 is 2.15 bits per heavy atom. The summed E-state index contributed by atoms with van der Waals surface area (Å²) in [5, 5.41) is 11.3. The third-order valence-electron chi connectivity index (χ3n) is 5.94. The number of carbonyl (C=O) groups is 1. The number of benzene rings is 2. The van der Waals surface area contributed by atoms with Crippen molar-refractivity contribution in [2.24, 2.45) is 0 Å². The van der Waals surface area contributed by atoms with Gasteiger partial charge in [-0.05, 0) is 23.3 Å². The highest BCUT2D eigenvalue weighted by molar-refractivity contribution is 5.69. The molecule has 2 bridgehead atoms. The minimum Gasteiger partial charge on any atom is -0.445 e. The van der Waals surface area contributed by atoms with Gasteiger partial charge in [0.15, 0.2) is 0 Å². The van der Waals surface area contributed by atoms with Crippen LogP contribution in [0.1, 0.15) is 24.0 Å². The number of piperidine rings is 1. The molecule has 4 rings (SSSR count). The van der Waals surface area contributed by atoms with E-state index in [-0.39, 0.29) is 32.7 Å². The first kappa shape index (κ1) is 24.2. The summed E-state index contributed by atoms with van der Waals surface area (Å²) >= 11 is 0. The quantitative estimate of drug-likeness (QED) is 0.624.